The molecule has 0 fully saturated rings. The Kier molecular flexibility index (Phi) is 5.37. The molecule has 0 aromatic heterocycles. The second-order valence-electron chi connectivity index (χ2n) is 4.44. The van der Waals surface area contributed by atoms with Crippen LogP contribution in [0.1, 0.15) is 0 Å². The molecule has 0 aliphatic rings. The Balaban J connectivity index is 2.01. The predicted molar refractivity (Wildman–Crippen MR) is 85.2 cm³/mol. The van der Waals surface area contributed by atoms with E-state index in [9.17, 15) is 14.9 Å². The number of amides is 1. The van der Waals surface area contributed by atoms with Gasteiger partial charge in [0.15, 0.2) is 18.1 Å². The minimum Gasteiger partial charge on any atom is -0.493 e. The van der Waals surface area contributed by atoms with Gasteiger partial charge < -0.3 is 14.8 Å². The molecule has 0 aliphatic carbocycles. The van der Waals surface area contributed by atoms with Crippen LogP contribution in [0.25, 0.3) is 0 Å². The van der Waals surface area contributed by atoms with Gasteiger partial charge in [-0.05, 0) is 30.3 Å². The number of nitro groups is 1. The molecule has 0 saturated carbocycles. The highest BCUT2D eigenvalue weighted by atomic mass is 35.5. The Bertz CT molecular complexity index is 718. The summed E-state index contributed by atoms with van der Waals surface area (Å²) in [5, 5.41) is 14.0. The van der Waals surface area contributed by atoms with E-state index in [-0.39, 0.29) is 18.0 Å². The van der Waals surface area contributed by atoms with Gasteiger partial charge in [0, 0.05) is 16.8 Å². The lowest BCUT2D eigenvalue weighted by molar-refractivity contribution is -0.385. The number of methoxy groups -OCH3 is 1. The van der Waals surface area contributed by atoms with Crippen molar-refractivity contribution in [3.8, 4) is 11.5 Å². The van der Waals surface area contributed by atoms with Gasteiger partial charge in [-0.15, -0.1) is 0 Å². The number of nitrogens with one attached hydrogen (secondary N) is 1. The molecule has 2 aromatic rings. The summed E-state index contributed by atoms with van der Waals surface area (Å²) in [6.45, 7) is -0.319. The second-order valence-corrected chi connectivity index (χ2v) is 4.87. The van der Waals surface area contributed by atoms with Crippen molar-refractivity contribution in [1.29, 1.82) is 0 Å². The molecule has 0 heterocycles. The van der Waals surface area contributed by atoms with Crippen LogP contribution in [0.2, 0.25) is 5.02 Å². The van der Waals surface area contributed by atoms with Gasteiger partial charge in [0.1, 0.15) is 0 Å². The van der Waals surface area contributed by atoms with E-state index in [1.165, 1.54) is 25.3 Å². The van der Waals surface area contributed by atoms with E-state index in [2.05, 4.69) is 5.32 Å². The first-order valence-corrected chi connectivity index (χ1v) is 6.88. The van der Waals surface area contributed by atoms with E-state index >= 15 is 0 Å². The highest BCUT2D eigenvalue weighted by Gasteiger charge is 2.14. The fraction of sp³-hybridized carbons (Fsp3) is 0.133. The molecule has 8 heteroatoms. The van der Waals surface area contributed by atoms with Crippen LogP contribution >= 0.6 is 11.6 Å². The lowest BCUT2D eigenvalue weighted by atomic mass is 10.3. The first kappa shape index (κ1) is 16.6. The van der Waals surface area contributed by atoms with E-state index < -0.39 is 10.8 Å². The SMILES string of the molecule is COc1ccc([N+](=O)[O-])cc1OCC(=O)Nc1ccc(Cl)cc1. The summed E-state index contributed by atoms with van der Waals surface area (Å²) in [4.78, 5) is 22.1. The molecular formula is C15H13ClN2O5. The molecule has 0 spiro atoms. The Hall–Kier alpha value is -2.80. The molecule has 0 radical (unpaired) electrons. The van der Waals surface area contributed by atoms with Gasteiger partial charge in [-0.2, -0.15) is 0 Å². The average Bonchev–Trinajstić information content (AvgIpc) is 2.54. The molecule has 23 heavy (non-hydrogen) atoms. The van der Waals surface area contributed by atoms with E-state index in [4.69, 9.17) is 21.1 Å². The summed E-state index contributed by atoms with van der Waals surface area (Å²) in [6.07, 6.45) is 0. The maximum atomic E-state index is 11.8. The Morgan fingerprint density at radius 1 is 1.22 bits per heavy atom. The highest BCUT2D eigenvalue weighted by Crippen LogP contribution is 2.31. The zero-order chi connectivity index (χ0) is 16.8. The van der Waals surface area contributed by atoms with E-state index in [1.807, 2.05) is 0 Å². The van der Waals surface area contributed by atoms with E-state index in [0.29, 0.717) is 16.5 Å². The highest BCUT2D eigenvalue weighted by molar-refractivity contribution is 6.30. The first-order valence-electron chi connectivity index (χ1n) is 6.50. The summed E-state index contributed by atoms with van der Waals surface area (Å²) in [7, 11) is 1.40. The molecule has 1 N–H and O–H groups in total. The van der Waals surface area contributed by atoms with Crippen molar-refractivity contribution in [1.82, 2.24) is 0 Å². The number of benzene rings is 2. The monoisotopic (exact) mass is 336 g/mol. The minimum atomic E-state index is -0.555. The molecule has 0 saturated heterocycles. The van der Waals surface area contributed by atoms with Gasteiger partial charge in [0.25, 0.3) is 11.6 Å². The Morgan fingerprint density at radius 2 is 1.91 bits per heavy atom. The normalized spacial score (nSPS) is 10.0. The lowest BCUT2D eigenvalue weighted by Gasteiger charge is -2.10. The minimum absolute atomic E-state index is 0.118. The molecule has 0 bridgehead atoms. The average molecular weight is 337 g/mol. The third-order valence-electron chi connectivity index (χ3n) is 2.84. The molecule has 120 valence electrons. The quantitative estimate of drug-likeness (QED) is 0.645. The standard InChI is InChI=1S/C15H13ClN2O5/c1-22-13-7-6-12(18(20)21)8-14(13)23-9-15(19)17-11-4-2-10(16)3-5-11/h2-8H,9H2,1H3,(H,17,19). The van der Waals surface area contributed by atoms with Crippen molar-refractivity contribution in [3.05, 3.63) is 57.6 Å². The van der Waals surface area contributed by atoms with E-state index in [0.717, 1.165) is 0 Å². The van der Waals surface area contributed by atoms with Crippen LogP contribution in [0, 0.1) is 10.1 Å². The summed E-state index contributed by atoms with van der Waals surface area (Å²) in [5.74, 6) is 0.00345. The molecule has 2 aromatic carbocycles. The number of nitro benzene ring substituents is 1. The number of ether oxygens (including phenoxy) is 2. The molecule has 1 amide bonds. The van der Waals surface area contributed by atoms with Gasteiger partial charge in [-0.3, -0.25) is 14.9 Å². The summed E-state index contributed by atoms with van der Waals surface area (Å²) >= 11 is 5.76. The number of carbonyl (C=O) groups excluding carboxylic acids is 1. The number of nitrogens with zero attached hydrogens (tertiary/aromatic N) is 1. The van der Waals surface area contributed by atoms with Crippen molar-refractivity contribution < 1.29 is 19.2 Å². The van der Waals surface area contributed by atoms with Crippen molar-refractivity contribution in [2.24, 2.45) is 0 Å². The zero-order valence-corrected chi connectivity index (χ0v) is 12.9. The van der Waals surface area contributed by atoms with Crippen molar-refractivity contribution in [3.63, 3.8) is 0 Å². The summed E-state index contributed by atoms with van der Waals surface area (Å²) in [6, 6.07) is 10.5. The first-order chi connectivity index (χ1) is 11.0. The van der Waals surface area contributed by atoms with E-state index in [1.54, 1.807) is 24.3 Å². The molecule has 0 unspecified atom stereocenters. The lowest BCUT2D eigenvalue weighted by Crippen LogP contribution is -2.20. The summed E-state index contributed by atoms with van der Waals surface area (Å²) in [5.41, 5.74) is 0.410. The second kappa shape index (κ2) is 7.46. The molecule has 2 rings (SSSR count). The number of halogens is 1. The largest absolute Gasteiger partial charge is 0.493 e. The van der Waals surface area contributed by atoms with Gasteiger partial charge in [0.2, 0.25) is 0 Å². The number of anilines is 1. The van der Waals surface area contributed by atoms with Gasteiger partial charge in [-0.25, -0.2) is 0 Å². The summed E-state index contributed by atoms with van der Waals surface area (Å²) < 4.78 is 10.4. The molecule has 0 atom stereocenters. The predicted octanol–water partition coefficient (Wildman–Crippen LogP) is 3.27. The van der Waals surface area contributed by atoms with Crippen LogP contribution in [0.5, 0.6) is 11.5 Å². The fourth-order valence-electron chi connectivity index (χ4n) is 1.77. The Morgan fingerprint density at radius 3 is 2.52 bits per heavy atom. The molecular weight excluding hydrogens is 324 g/mol. The number of hydrogen-bond donors (Lipinski definition) is 1. The zero-order valence-electron chi connectivity index (χ0n) is 12.1. The van der Waals surface area contributed by atoms with Crippen LogP contribution in [-0.4, -0.2) is 24.5 Å². The van der Waals surface area contributed by atoms with Gasteiger partial charge in [-0.1, -0.05) is 11.6 Å². The van der Waals surface area contributed by atoms with Crippen LogP contribution < -0.4 is 14.8 Å². The van der Waals surface area contributed by atoms with Crippen LogP contribution in [-0.2, 0) is 4.79 Å². The van der Waals surface area contributed by atoms with Crippen LogP contribution in [0.3, 0.4) is 0 Å². The number of hydrogen-bond acceptors (Lipinski definition) is 5. The smallest absolute Gasteiger partial charge is 0.273 e. The van der Waals surface area contributed by atoms with Crippen LogP contribution in [0.4, 0.5) is 11.4 Å². The maximum Gasteiger partial charge on any atom is 0.273 e. The van der Waals surface area contributed by atoms with Gasteiger partial charge >= 0.3 is 0 Å². The Labute approximate surface area is 136 Å². The number of carbonyl (C=O) groups is 1. The van der Waals surface area contributed by atoms with Crippen molar-refractivity contribution in [2.45, 2.75) is 0 Å². The van der Waals surface area contributed by atoms with Crippen molar-refractivity contribution in [2.75, 3.05) is 19.0 Å². The third kappa shape index (κ3) is 4.58. The van der Waals surface area contributed by atoms with Crippen molar-refractivity contribution >= 4 is 28.9 Å². The fourth-order valence-corrected chi connectivity index (χ4v) is 1.89. The topological polar surface area (TPSA) is 90.7 Å². The van der Waals surface area contributed by atoms with Crippen LogP contribution in [0.15, 0.2) is 42.5 Å². The number of rotatable bonds is 6. The molecule has 7 nitrogen and oxygen atoms in total. The maximum absolute atomic E-state index is 11.8. The number of non-ortho nitro benzene ring substituents is 1. The third-order valence-corrected chi connectivity index (χ3v) is 3.10. The van der Waals surface area contributed by atoms with Gasteiger partial charge in [0.05, 0.1) is 18.1 Å². The molecule has 0 aliphatic heterocycles.